The van der Waals surface area contributed by atoms with E-state index in [1.54, 1.807) is 54.3 Å². The molecule has 0 bridgehead atoms. The standard InChI is InChI=1S/C21H18N6O3/c1-27-20(9-17(26-27)21-24-6-7-29-21)30-19-8-13(10-22)2-4-15(19)16-5-3-14(12-25-16)18(28)11-23/h2-9,12,18,28H,11,23H2,1H3/t18-/m1/s1. The maximum absolute atomic E-state index is 9.87. The first-order valence-corrected chi connectivity index (χ1v) is 9.09. The summed E-state index contributed by atoms with van der Waals surface area (Å²) in [5.41, 5.74) is 8.39. The Bertz CT molecular complexity index is 1190. The normalized spacial score (nSPS) is 11.8. The highest BCUT2D eigenvalue weighted by Gasteiger charge is 2.16. The van der Waals surface area contributed by atoms with Crippen molar-refractivity contribution in [2.45, 2.75) is 6.10 Å². The number of rotatable bonds is 6. The van der Waals surface area contributed by atoms with E-state index in [0.717, 1.165) is 0 Å². The van der Waals surface area contributed by atoms with E-state index in [4.69, 9.17) is 14.9 Å². The smallest absolute Gasteiger partial charge is 0.247 e. The fourth-order valence-corrected chi connectivity index (χ4v) is 2.90. The fourth-order valence-electron chi connectivity index (χ4n) is 2.90. The Morgan fingerprint density at radius 1 is 1.23 bits per heavy atom. The maximum atomic E-state index is 9.87. The lowest BCUT2D eigenvalue weighted by molar-refractivity contribution is 0.186. The lowest BCUT2D eigenvalue weighted by Crippen LogP contribution is -2.11. The second-order valence-electron chi connectivity index (χ2n) is 6.48. The van der Waals surface area contributed by atoms with E-state index in [0.29, 0.717) is 45.6 Å². The van der Waals surface area contributed by atoms with E-state index in [2.05, 4.69) is 21.1 Å². The molecule has 0 aliphatic heterocycles. The summed E-state index contributed by atoms with van der Waals surface area (Å²) in [7, 11) is 1.73. The molecule has 30 heavy (non-hydrogen) atoms. The molecule has 0 fully saturated rings. The molecule has 9 nitrogen and oxygen atoms in total. The fraction of sp³-hybridized carbons (Fsp3) is 0.143. The number of hydrogen-bond donors (Lipinski definition) is 2. The van der Waals surface area contributed by atoms with E-state index in [1.165, 1.54) is 12.5 Å². The molecule has 0 saturated heterocycles. The van der Waals surface area contributed by atoms with E-state index < -0.39 is 6.10 Å². The van der Waals surface area contributed by atoms with Crippen LogP contribution in [0.5, 0.6) is 11.6 Å². The summed E-state index contributed by atoms with van der Waals surface area (Å²) in [6, 6.07) is 12.4. The number of aliphatic hydroxyl groups excluding tert-OH is 1. The van der Waals surface area contributed by atoms with Crippen LogP contribution in [0.2, 0.25) is 0 Å². The molecule has 1 atom stereocenters. The number of nitrogens with two attached hydrogens (primary N) is 1. The van der Waals surface area contributed by atoms with Gasteiger partial charge in [-0.2, -0.15) is 10.4 Å². The van der Waals surface area contributed by atoms with Gasteiger partial charge in [-0.3, -0.25) is 4.98 Å². The first kappa shape index (κ1) is 19.3. The molecule has 0 radical (unpaired) electrons. The van der Waals surface area contributed by atoms with Gasteiger partial charge in [0.15, 0.2) is 5.69 Å². The molecule has 3 N–H and O–H groups in total. The van der Waals surface area contributed by atoms with Crippen molar-refractivity contribution in [1.82, 2.24) is 19.7 Å². The highest BCUT2D eigenvalue weighted by molar-refractivity contribution is 5.69. The van der Waals surface area contributed by atoms with Crippen LogP contribution in [0.15, 0.2) is 59.5 Å². The van der Waals surface area contributed by atoms with E-state index in [1.807, 2.05) is 0 Å². The first-order valence-electron chi connectivity index (χ1n) is 9.09. The van der Waals surface area contributed by atoms with Crippen LogP contribution in [0, 0.1) is 11.3 Å². The molecule has 4 rings (SSSR count). The van der Waals surface area contributed by atoms with Crippen LogP contribution >= 0.6 is 0 Å². The SMILES string of the molecule is Cn1nc(-c2ncco2)cc1Oc1cc(C#N)ccc1-c1ccc([C@H](O)CN)cn1. The van der Waals surface area contributed by atoms with Gasteiger partial charge in [0.05, 0.1) is 29.6 Å². The van der Waals surface area contributed by atoms with Crippen molar-refractivity contribution in [2.24, 2.45) is 12.8 Å². The molecule has 0 aliphatic carbocycles. The number of aliphatic hydroxyl groups is 1. The molecule has 1 aromatic carbocycles. The molecule has 0 unspecified atom stereocenters. The summed E-state index contributed by atoms with van der Waals surface area (Å²) in [5, 5.41) is 23.5. The molecule has 0 spiro atoms. The molecule has 0 aliphatic rings. The minimum Gasteiger partial charge on any atom is -0.443 e. The summed E-state index contributed by atoms with van der Waals surface area (Å²) in [6.07, 6.45) is 3.80. The topological polar surface area (TPSA) is 136 Å². The van der Waals surface area contributed by atoms with Crippen LogP contribution in [0.25, 0.3) is 22.8 Å². The predicted octanol–water partition coefficient (Wildman–Crippen LogP) is 2.79. The van der Waals surface area contributed by atoms with Gasteiger partial charge in [-0.25, -0.2) is 9.67 Å². The highest BCUT2D eigenvalue weighted by Crippen LogP contribution is 2.34. The van der Waals surface area contributed by atoms with Crippen LogP contribution in [0.1, 0.15) is 17.2 Å². The summed E-state index contributed by atoms with van der Waals surface area (Å²) in [4.78, 5) is 8.51. The van der Waals surface area contributed by atoms with Crippen molar-refractivity contribution in [3.63, 3.8) is 0 Å². The number of hydrogen-bond acceptors (Lipinski definition) is 8. The van der Waals surface area contributed by atoms with Gasteiger partial charge in [0.2, 0.25) is 11.8 Å². The average Bonchev–Trinajstić information content (AvgIpc) is 3.43. The quantitative estimate of drug-likeness (QED) is 0.502. The van der Waals surface area contributed by atoms with Gasteiger partial charge in [-0.05, 0) is 24.3 Å². The Kier molecular flexibility index (Phi) is 5.26. The lowest BCUT2D eigenvalue weighted by Gasteiger charge is -2.12. The Labute approximate surface area is 172 Å². The van der Waals surface area contributed by atoms with Crippen molar-refractivity contribution in [1.29, 1.82) is 5.26 Å². The van der Waals surface area contributed by atoms with Gasteiger partial charge < -0.3 is 20.0 Å². The molecular formula is C21H18N6O3. The molecule has 3 aromatic heterocycles. The van der Waals surface area contributed by atoms with Gasteiger partial charge in [-0.15, -0.1) is 0 Å². The Balaban J connectivity index is 1.71. The minimum absolute atomic E-state index is 0.111. The molecule has 3 heterocycles. The summed E-state index contributed by atoms with van der Waals surface area (Å²) < 4.78 is 12.9. The second-order valence-corrected chi connectivity index (χ2v) is 6.48. The highest BCUT2D eigenvalue weighted by atomic mass is 16.5. The van der Waals surface area contributed by atoms with Crippen molar-refractivity contribution in [3.8, 4) is 40.5 Å². The van der Waals surface area contributed by atoms with E-state index in [9.17, 15) is 10.4 Å². The molecule has 4 aromatic rings. The third kappa shape index (κ3) is 3.77. The van der Waals surface area contributed by atoms with Gasteiger partial charge in [0, 0.05) is 37.0 Å². The summed E-state index contributed by atoms with van der Waals surface area (Å²) in [6.45, 7) is 0.111. The Hall–Kier alpha value is -4.00. The number of pyridine rings is 1. The number of aryl methyl sites for hydroxylation is 1. The van der Waals surface area contributed by atoms with Gasteiger partial charge in [0.25, 0.3) is 0 Å². The zero-order valence-electron chi connectivity index (χ0n) is 16.1. The van der Waals surface area contributed by atoms with Crippen molar-refractivity contribution >= 4 is 0 Å². The molecule has 0 saturated carbocycles. The van der Waals surface area contributed by atoms with Crippen LogP contribution in [-0.4, -0.2) is 31.4 Å². The minimum atomic E-state index is -0.772. The molecule has 0 amide bonds. The molecule has 150 valence electrons. The number of aromatic nitrogens is 4. The Morgan fingerprint density at radius 3 is 2.77 bits per heavy atom. The second kappa shape index (κ2) is 8.16. The van der Waals surface area contributed by atoms with Crippen molar-refractivity contribution < 1.29 is 14.3 Å². The first-order chi connectivity index (χ1) is 14.6. The Morgan fingerprint density at radius 2 is 2.10 bits per heavy atom. The van der Waals surface area contributed by atoms with Crippen molar-refractivity contribution in [2.75, 3.05) is 6.54 Å². The van der Waals surface area contributed by atoms with Crippen molar-refractivity contribution in [3.05, 3.63) is 66.2 Å². The van der Waals surface area contributed by atoms with Crippen LogP contribution in [-0.2, 0) is 7.05 Å². The zero-order valence-corrected chi connectivity index (χ0v) is 16.1. The largest absolute Gasteiger partial charge is 0.443 e. The number of ether oxygens (including phenoxy) is 1. The summed E-state index contributed by atoms with van der Waals surface area (Å²) in [5.74, 6) is 1.26. The number of nitriles is 1. The predicted molar refractivity (Wildman–Crippen MR) is 107 cm³/mol. The van der Waals surface area contributed by atoms with E-state index >= 15 is 0 Å². The third-order valence-electron chi connectivity index (χ3n) is 4.48. The van der Waals surface area contributed by atoms with Crippen LogP contribution in [0.4, 0.5) is 0 Å². The van der Waals surface area contributed by atoms with Gasteiger partial charge in [0.1, 0.15) is 12.0 Å². The monoisotopic (exact) mass is 402 g/mol. The van der Waals surface area contributed by atoms with Crippen LogP contribution in [0.3, 0.4) is 0 Å². The lowest BCUT2D eigenvalue weighted by atomic mass is 10.1. The van der Waals surface area contributed by atoms with Gasteiger partial charge >= 0.3 is 0 Å². The summed E-state index contributed by atoms with van der Waals surface area (Å²) >= 11 is 0. The molecule has 9 heteroatoms. The molecular weight excluding hydrogens is 384 g/mol. The number of nitrogens with zero attached hydrogens (tertiary/aromatic N) is 5. The van der Waals surface area contributed by atoms with E-state index in [-0.39, 0.29) is 6.54 Å². The van der Waals surface area contributed by atoms with Crippen LogP contribution < -0.4 is 10.5 Å². The zero-order chi connectivity index (χ0) is 21.1. The number of oxazole rings is 1. The maximum Gasteiger partial charge on any atom is 0.247 e. The number of benzene rings is 1. The third-order valence-corrected chi connectivity index (χ3v) is 4.48. The average molecular weight is 402 g/mol. The van der Waals surface area contributed by atoms with Gasteiger partial charge in [-0.1, -0.05) is 6.07 Å².